The molecule has 2 fully saturated rings. The Kier molecular flexibility index (Phi) is 2.99. The molecule has 0 spiro atoms. The first-order chi connectivity index (χ1) is 9.37. The number of rotatable bonds is 6. The summed E-state index contributed by atoms with van der Waals surface area (Å²) in [5.41, 5.74) is 4.40. The minimum absolute atomic E-state index is 1.01. The van der Waals surface area contributed by atoms with Crippen molar-refractivity contribution in [3.05, 3.63) is 29.3 Å². The van der Waals surface area contributed by atoms with E-state index in [9.17, 15) is 0 Å². The van der Waals surface area contributed by atoms with Crippen LogP contribution >= 0.6 is 0 Å². The maximum Gasteiger partial charge on any atom is 0.0373 e. The number of nitrogens with zero attached hydrogens (tertiary/aromatic N) is 1. The molecule has 0 bridgehead atoms. The topological polar surface area (TPSA) is 15.3 Å². The van der Waals surface area contributed by atoms with E-state index in [0.29, 0.717) is 0 Å². The van der Waals surface area contributed by atoms with Gasteiger partial charge in [-0.05, 0) is 61.1 Å². The summed E-state index contributed by atoms with van der Waals surface area (Å²) in [4.78, 5) is 2.72. The summed E-state index contributed by atoms with van der Waals surface area (Å²) in [6.45, 7) is 4.96. The Morgan fingerprint density at radius 2 is 1.79 bits per heavy atom. The van der Waals surface area contributed by atoms with Crippen LogP contribution in [0.3, 0.4) is 0 Å². The summed E-state index contributed by atoms with van der Waals surface area (Å²) in [5.74, 6) is 2.02. The van der Waals surface area contributed by atoms with Crippen LogP contribution in [0.2, 0.25) is 0 Å². The van der Waals surface area contributed by atoms with Gasteiger partial charge in [0, 0.05) is 31.9 Å². The zero-order valence-corrected chi connectivity index (χ0v) is 11.7. The van der Waals surface area contributed by atoms with Gasteiger partial charge in [0.2, 0.25) is 0 Å². The van der Waals surface area contributed by atoms with E-state index in [1.807, 2.05) is 0 Å². The second-order valence-electron chi connectivity index (χ2n) is 6.75. The summed E-state index contributed by atoms with van der Waals surface area (Å²) >= 11 is 0. The number of hydrogen-bond donors (Lipinski definition) is 1. The number of fused-ring (bicyclic) bond motifs is 1. The predicted octanol–water partition coefficient (Wildman–Crippen LogP) is 3.28. The van der Waals surface area contributed by atoms with Crippen molar-refractivity contribution in [2.24, 2.45) is 11.8 Å². The molecule has 0 atom stereocenters. The normalized spacial score (nSPS) is 21.5. The molecule has 0 aromatic heterocycles. The Hall–Kier alpha value is -1.02. The lowest BCUT2D eigenvalue weighted by atomic mass is 10.1. The monoisotopic (exact) mass is 256 g/mol. The van der Waals surface area contributed by atoms with Gasteiger partial charge in [-0.3, -0.25) is 4.90 Å². The van der Waals surface area contributed by atoms with Crippen molar-refractivity contribution in [1.29, 1.82) is 0 Å². The van der Waals surface area contributed by atoms with Gasteiger partial charge in [-0.2, -0.15) is 0 Å². The van der Waals surface area contributed by atoms with Crippen molar-refractivity contribution < 1.29 is 0 Å². The van der Waals surface area contributed by atoms with Crippen molar-refractivity contribution in [3.63, 3.8) is 0 Å². The highest BCUT2D eigenvalue weighted by molar-refractivity contribution is 5.56. The van der Waals surface area contributed by atoms with Gasteiger partial charge in [-0.15, -0.1) is 0 Å². The smallest absolute Gasteiger partial charge is 0.0373 e. The minimum Gasteiger partial charge on any atom is -0.384 e. The van der Waals surface area contributed by atoms with E-state index in [-0.39, 0.29) is 0 Å². The summed E-state index contributed by atoms with van der Waals surface area (Å²) < 4.78 is 0. The summed E-state index contributed by atoms with van der Waals surface area (Å²) in [7, 11) is 0. The quantitative estimate of drug-likeness (QED) is 0.840. The first-order valence-corrected chi connectivity index (χ1v) is 7.95. The first kappa shape index (κ1) is 11.8. The number of benzene rings is 1. The predicted molar refractivity (Wildman–Crippen MR) is 79.4 cm³/mol. The molecule has 2 heteroatoms. The van der Waals surface area contributed by atoms with E-state index in [2.05, 4.69) is 28.4 Å². The largest absolute Gasteiger partial charge is 0.384 e. The number of nitrogens with one attached hydrogen (secondary N) is 1. The summed E-state index contributed by atoms with van der Waals surface area (Å²) in [6.07, 6.45) is 7.07. The second-order valence-corrected chi connectivity index (χ2v) is 6.75. The van der Waals surface area contributed by atoms with Crippen LogP contribution in [-0.4, -0.2) is 24.5 Å². The lowest BCUT2D eigenvalue weighted by Crippen LogP contribution is -2.27. The Bertz CT molecular complexity index is 446. The average molecular weight is 256 g/mol. The van der Waals surface area contributed by atoms with E-state index < -0.39 is 0 Å². The van der Waals surface area contributed by atoms with Crippen molar-refractivity contribution in [1.82, 2.24) is 4.90 Å². The fraction of sp³-hybridized carbons (Fsp3) is 0.647. The molecule has 0 unspecified atom stereocenters. The lowest BCUT2D eigenvalue weighted by Gasteiger charge is -2.22. The second kappa shape index (κ2) is 4.82. The van der Waals surface area contributed by atoms with Gasteiger partial charge in [-0.25, -0.2) is 0 Å². The fourth-order valence-corrected chi connectivity index (χ4v) is 3.25. The molecular formula is C17H24N2. The van der Waals surface area contributed by atoms with Crippen LogP contribution in [0, 0.1) is 11.8 Å². The molecule has 1 aliphatic heterocycles. The molecule has 0 amide bonds. The van der Waals surface area contributed by atoms with Crippen molar-refractivity contribution in [3.8, 4) is 0 Å². The maximum absolute atomic E-state index is 3.45. The van der Waals surface area contributed by atoms with Gasteiger partial charge < -0.3 is 5.32 Å². The Labute approximate surface area is 116 Å². The van der Waals surface area contributed by atoms with E-state index in [1.165, 1.54) is 68.6 Å². The van der Waals surface area contributed by atoms with Gasteiger partial charge in [-0.1, -0.05) is 12.1 Å². The van der Waals surface area contributed by atoms with Crippen LogP contribution in [0.25, 0.3) is 0 Å². The van der Waals surface area contributed by atoms with Crippen LogP contribution in [0.15, 0.2) is 18.2 Å². The van der Waals surface area contributed by atoms with Gasteiger partial charge in [0.1, 0.15) is 0 Å². The van der Waals surface area contributed by atoms with Crippen LogP contribution in [-0.2, 0) is 13.0 Å². The van der Waals surface area contributed by atoms with Gasteiger partial charge in [0.05, 0.1) is 0 Å². The van der Waals surface area contributed by atoms with E-state index >= 15 is 0 Å². The zero-order valence-electron chi connectivity index (χ0n) is 11.7. The van der Waals surface area contributed by atoms with Gasteiger partial charge in [0.15, 0.2) is 0 Å². The van der Waals surface area contributed by atoms with Crippen LogP contribution < -0.4 is 5.32 Å². The lowest BCUT2D eigenvalue weighted by molar-refractivity contribution is 0.244. The third kappa shape index (κ3) is 2.94. The SMILES string of the molecule is c1cc2c(cc1CN(CC1CC1)CC1CC1)CCN2. The van der Waals surface area contributed by atoms with Crippen molar-refractivity contribution in [2.75, 3.05) is 25.0 Å². The molecule has 2 nitrogen and oxygen atoms in total. The van der Waals surface area contributed by atoms with Crippen LogP contribution in [0.1, 0.15) is 36.8 Å². The molecule has 19 heavy (non-hydrogen) atoms. The van der Waals surface area contributed by atoms with Crippen molar-refractivity contribution in [2.45, 2.75) is 38.6 Å². The highest BCUT2D eigenvalue weighted by atomic mass is 15.1. The van der Waals surface area contributed by atoms with Gasteiger partial charge >= 0.3 is 0 Å². The van der Waals surface area contributed by atoms with Gasteiger partial charge in [0.25, 0.3) is 0 Å². The molecule has 1 heterocycles. The molecule has 1 aromatic carbocycles. The van der Waals surface area contributed by atoms with Crippen LogP contribution in [0.5, 0.6) is 0 Å². The van der Waals surface area contributed by atoms with E-state index in [1.54, 1.807) is 0 Å². The maximum atomic E-state index is 3.45. The highest BCUT2D eigenvalue weighted by Crippen LogP contribution is 2.34. The standard InChI is InChI=1S/C17H24N2/c1-2-13(1)10-19(11-14-3-4-14)12-15-5-6-17-16(9-15)7-8-18-17/h5-6,9,13-14,18H,1-4,7-8,10-12H2. The molecule has 0 radical (unpaired) electrons. The molecule has 102 valence electrons. The van der Waals surface area contributed by atoms with Crippen LogP contribution in [0.4, 0.5) is 5.69 Å². The van der Waals surface area contributed by atoms with E-state index in [4.69, 9.17) is 0 Å². The summed E-state index contributed by atoms with van der Waals surface area (Å²) in [5, 5.41) is 3.45. The molecule has 3 aliphatic rings. The van der Waals surface area contributed by atoms with E-state index in [0.717, 1.165) is 18.4 Å². The first-order valence-electron chi connectivity index (χ1n) is 7.95. The average Bonchev–Trinajstić information content (AvgIpc) is 3.31. The molecule has 2 saturated carbocycles. The number of hydrogen-bond acceptors (Lipinski definition) is 2. The Morgan fingerprint density at radius 3 is 2.47 bits per heavy atom. The zero-order chi connectivity index (χ0) is 12.7. The molecule has 1 N–H and O–H groups in total. The third-order valence-electron chi connectivity index (χ3n) is 4.71. The van der Waals surface area contributed by atoms with Crippen molar-refractivity contribution >= 4 is 5.69 Å². The Morgan fingerprint density at radius 1 is 1.05 bits per heavy atom. The third-order valence-corrected chi connectivity index (χ3v) is 4.71. The fourth-order valence-electron chi connectivity index (χ4n) is 3.25. The molecule has 4 rings (SSSR count). The molecular weight excluding hydrogens is 232 g/mol. The number of anilines is 1. The molecule has 1 aromatic rings. The molecule has 2 aliphatic carbocycles. The Balaban J connectivity index is 1.44. The molecule has 0 saturated heterocycles. The minimum atomic E-state index is 1.01. The highest BCUT2D eigenvalue weighted by Gasteiger charge is 2.29. The summed E-state index contributed by atoms with van der Waals surface area (Å²) in [6, 6.07) is 7.04.